The summed E-state index contributed by atoms with van der Waals surface area (Å²) in [5, 5.41) is 0. The van der Waals surface area contributed by atoms with Crippen molar-refractivity contribution in [2.45, 2.75) is 143 Å². The number of carbonyl (C=O) groups excluding carboxylic acids is 5. The molecule has 0 saturated carbocycles. The number of rotatable bonds is 16. The van der Waals surface area contributed by atoms with Crippen molar-refractivity contribution in [3.05, 3.63) is 71.3 Å². The Bertz CT molecular complexity index is 1560. The molecular weight excluding hydrogens is 695 g/mol. The maximum atomic E-state index is 15.3. The normalized spacial score (nSPS) is 14.3. The average Bonchev–Trinajstić information content (AvgIpc) is 3.06. The van der Waals surface area contributed by atoms with E-state index in [4.69, 9.17) is 18.9 Å². The van der Waals surface area contributed by atoms with Gasteiger partial charge < -0.3 is 23.8 Å². The zero-order chi connectivity index (χ0) is 41.2. The Morgan fingerprint density at radius 1 is 0.704 bits per heavy atom. The highest BCUT2D eigenvalue weighted by atomic mass is 19.1. The van der Waals surface area contributed by atoms with Crippen LogP contribution in [-0.2, 0) is 56.6 Å². The van der Waals surface area contributed by atoms with Gasteiger partial charge in [0.2, 0.25) is 0 Å². The Balaban J connectivity index is 2.46. The Hall–Kier alpha value is -4.48. The van der Waals surface area contributed by atoms with Crippen LogP contribution >= 0.6 is 0 Å². The molecule has 2 aromatic rings. The van der Waals surface area contributed by atoms with E-state index < -0.39 is 71.9 Å². The minimum absolute atomic E-state index is 0.0500. The number of carbonyl (C=O) groups is 5. The SMILES string of the molecule is CC(C)C[C@@H](C(=O)O[C@H](Cc1ccc(C(C)(C)C)cc1)C(=O)N(C)C(CC(C)(C)F)C(=O)O[C@H](C)C(=O)OCc1ccccc1)N(C)C(=O)OC(C)(C)C. The van der Waals surface area contributed by atoms with Gasteiger partial charge in [-0.1, -0.05) is 89.2 Å². The van der Waals surface area contributed by atoms with Crippen LogP contribution in [0.5, 0.6) is 0 Å². The molecule has 1 unspecified atom stereocenters. The summed E-state index contributed by atoms with van der Waals surface area (Å²) in [4.78, 5) is 70.0. The Kier molecular flexibility index (Phi) is 16.2. The molecule has 2 aromatic carbocycles. The van der Waals surface area contributed by atoms with Crippen LogP contribution in [0.2, 0.25) is 0 Å². The number of alkyl halides is 1. The number of hydrogen-bond acceptors (Lipinski definition) is 9. The van der Waals surface area contributed by atoms with E-state index in [2.05, 4.69) is 20.8 Å². The molecule has 0 saturated heterocycles. The second kappa shape index (κ2) is 19.2. The summed E-state index contributed by atoms with van der Waals surface area (Å²) < 4.78 is 37.5. The fourth-order valence-electron chi connectivity index (χ4n) is 5.44. The lowest BCUT2D eigenvalue weighted by molar-refractivity contribution is -0.175. The number of esters is 3. The van der Waals surface area contributed by atoms with E-state index in [1.165, 1.54) is 34.9 Å². The average molecular weight is 757 g/mol. The van der Waals surface area contributed by atoms with E-state index in [1.807, 2.05) is 44.2 Å². The van der Waals surface area contributed by atoms with Gasteiger partial charge in [-0.15, -0.1) is 0 Å². The van der Waals surface area contributed by atoms with Crippen LogP contribution < -0.4 is 0 Å². The van der Waals surface area contributed by atoms with E-state index in [-0.39, 0.29) is 30.8 Å². The van der Waals surface area contributed by atoms with Crippen molar-refractivity contribution >= 4 is 29.9 Å². The minimum Gasteiger partial charge on any atom is -0.458 e. The van der Waals surface area contributed by atoms with Crippen molar-refractivity contribution in [2.75, 3.05) is 14.1 Å². The van der Waals surface area contributed by atoms with E-state index >= 15 is 4.39 Å². The zero-order valence-electron chi connectivity index (χ0n) is 34.4. The quantitative estimate of drug-likeness (QED) is 0.128. The number of likely N-dealkylation sites (N-methyl/N-ethyl adjacent to an activating group) is 2. The molecule has 2 amide bonds. The Morgan fingerprint density at radius 3 is 1.76 bits per heavy atom. The minimum atomic E-state index is -1.96. The number of halogens is 1. The molecule has 0 fully saturated rings. The molecule has 0 aliphatic heterocycles. The number of benzene rings is 2. The zero-order valence-corrected chi connectivity index (χ0v) is 34.4. The van der Waals surface area contributed by atoms with Crippen LogP contribution in [0.1, 0.15) is 106 Å². The van der Waals surface area contributed by atoms with Crippen molar-refractivity contribution in [1.29, 1.82) is 0 Å². The Labute approximate surface area is 320 Å². The molecule has 54 heavy (non-hydrogen) atoms. The first-order valence-corrected chi connectivity index (χ1v) is 18.4. The first kappa shape index (κ1) is 45.7. The topological polar surface area (TPSA) is 129 Å². The lowest BCUT2D eigenvalue weighted by Crippen LogP contribution is -2.53. The molecule has 0 spiro atoms. The molecule has 11 nitrogen and oxygen atoms in total. The number of hydrogen-bond donors (Lipinski definition) is 0. The van der Waals surface area contributed by atoms with Crippen LogP contribution in [0.3, 0.4) is 0 Å². The summed E-state index contributed by atoms with van der Waals surface area (Å²) >= 11 is 0. The van der Waals surface area contributed by atoms with E-state index in [9.17, 15) is 24.0 Å². The first-order chi connectivity index (χ1) is 24.8. The summed E-state index contributed by atoms with van der Waals surface area (Å²) in [6.45, 7) is 18.9. The molecule has 12 heteroatoms. The highest BCUT2D eigenvalue weighted by Crippen LogP contribution is 2.26. The van der Waals surface area contributed by atoms with Crippen molar-refractivity contribution in [2.24, 2.45) is 5.92 Å². The van der Waals surface area contributed by atoms with Gasteiger partial charge in [-0.25, -0.2) is 23.6 Å². The number of ether oxygens (including phenoxy) is 4. The maximum absolute atomic E-state index is 15.3. The molecule has 2 rings (SSSR count). The van der Waals surface area contributed by atoms with E-state index in [1.54, 1.807) is 45.0 Å². The molecule has 0 aliphatic carbocycles. The van der Waals surface area contributed by atoms with E-state index in [0.29, 0.717) is 5.56 Å². The van der Waals surface area contributed by atoms with Gasteiger partial charge in [-0.3, -0.25) is 9.69 Å². The molecule has 0 bridgehead atoms. The summed E-state index contributed by atoms with van der Waals surface area (Å²) in [7, 11) is 2.72. The molecule has 0 heterocycles. The van der Waals surface area contributed by atoms with Crippen molar-refractivity contribution in [1.82, 2.24) is 9.80 Å². The monoisotopic (exact) mass is 756 g/mol. The molecular formula is C42H61FN2O9. The lowest BCUT2D eigenvalue weighted by atomic mass is 9.86. The number of amides is 2. The maximum Gasteiger partial charge on any atom is 0.410 e. The third-order valence-corrected chi connectivity index (χ3v) is 8.51. The van der Waals surface area contributed by atoms with Crippen LogP contribution in [-0.4, -0.2) is 89.4 Å². The standard InChI is InChI=1S/C42H61FN2O9/c1-27(2)23-32(45(13)39(50)54-41(7,8)9)37(48)53-34(24-29-19-21-31(22-20-29)40(4,5)6)35(46)44(12)33(25-42(10,11)43)38(49)52-28(3)36(47)51-26-30-17-15-14-16-18-30/h14-22,27-28,32-34H,23-26H2,1-13H3/t28-,32+,33?,34-/m1/s1. The smallest absolute Gasteiger partial charge is 0.410 e. The van der Waals surface area contributed by atoms with Gasteiger partial charge in [0.25, 0.3) is 5.91 Å². The molecule has 0 radical (unpaired) electrons. The van der Waals surface area contributed by atoms with Crippen molar-refractivity contribution in [3.8, 4) is 0 Å². The molecule has 0 N–H and O–H groups in total. The van der Waals surface area contributed by atoms with Crippen molar-refractivity contribution in [3.63, 3.8) is 0 Å². The fraction of sp³-hybridized carbons (Fsp3) is 0.595. The molecule has 4 atom stereocenters. The van der Waals surface area contributed by atoms with E-state index in [0.717, 1.165) is 20.9 Å². The Morgan fingerprint density at radius 2 is 1.26 bits per heavy atom. The highest BCUT2D eigenvalue weighted by molar-refractivity contribution is 5.90. The van der Waals surface area contributed by atoms with Gasteiger partial charge in [0, 0.05) is 26.9 Å². The summed E-state index contributed by atoms with van der Waals surface area (Å²) in [6.07, 6.45) is -3.98. The summed E-state index contributed by atoms with van der Waals surface area (Å²) in [6, 6.07) is 13.8. The first-order valence-electron chi connectivity index (χ1n) is 18.4. The van der Waals surface area contributed by atoms with Crippen LogP contribution in [0.25, 0.3) is 0 Å². The van der Waals surface area contributed by atoms with Crippen LogP contribution in [0.15, 0.2) is 54.6 Å². The molecule has 300 valence electrons. The summed E-state index contributed by atoms with van der Waals surface area (Å²) in [5.41, 5.74) is -0.501. The van der Waals surface area contributed by atoms with Gasteiger partial charge >= 0.3 is 24.0 Å². The lowest BCUT2D eigenvalue weighted by Gasteiger charge is -2.34. The second-order valence-electron chi connectivity index (χ2n) is 16.9. The van der Waals surface area contributed by atoms with Crippen LogP contribution in [0.4, 0.5) is 9.18 Å². The van der Waals surface area contributed by atoms with Gasteiger partial charge in [0.1, 0.15) is 30.0 Å². The largest absolute Gasteiger partial charge is 0.458 e. The third kappa shape index (κ3) is 15.1. The van der Waals surface area contributed by atoms with Gasteiger partial charge in [-0.2, -0.15) is 0 Å². The predicted molar refractivity (Wildman–Crippen MR) is 204 cm³/mol. The number of nitrogens with zero attached hydrogens (tertiary/aromatic N) is 2. The second-order valence-corrected chi connectivity index (χ2v) is 16.9. The van der Waals surface area contributed by atoms with Gasteiger partial charge in [0.05, 0.1) is 0 Å². The van der Waals surface area contributed by atoms with Crippen LogP contribution in [0, 0.1) is 5.92 Å². The predicted octanol–water partition coefficient (Wildman–Crippen LogP) is 7.36. The summed E-state index contributed by atoms with van der Waals surface area (Å²) in [5.74, 6) is -3.58. The highest BCUT2D eigenvalue weighted by Gasteiger charge is 2.41. The third-order valence-electron chi connectivity index (χ3n) is 8.51. The molecule has 0 aromatic heterocycles. The van der Waals surface area contributed by atoms with Gasteiger partial charge in [-0.05, 0) is 76.0 Å². The molecule has 0 aliphatic rings. The fourth-order valence-corrected chi connectivity index (χ4v) is 5.44. The van der Waals surface area contributed by atoms with Crippen molar-refractivity contribution < 1.29 is 47.3 Å². The van der Waals surface area contributed by atoms with Gasteiger partial charge in [0.15, 0.2) is 12.2 Å².